The molecule has 1 aromatic rings. The minimum Gasteiger partial charge on any atom is -0.460 e. The molecule has 1 aromatic carbocycles. The summed E-state index contributed by atoms with van der Waals surface area (Å²) in [6.07, 6.45) is 5.60. The lowest BCUT2D eigenvalue weighted by Gasteiger charge is -2.37. The predicted octanol–water partition coefficient (Wildman–Crippen LogP) is 3.16. The zero-order valence-electron chi connectivity index (χ0n) is 35.1. The van der Waals surface area contributed by atoms with E-state index in [1.54, 1.807) is 60.6 Å². The van der Waals surface area contributed by atoms with E-state index in [1.165, 1.54) is 16.8 Å². The van der Waals surface area contributed by atoms with E-state index in [2.05, 4.69) is 21.9 Å². The van der Waals surface area contributed by atoms with Crippen LogP contribution in [0.5, 0.6) is 0 Å². The van der Waals surface area contributed by atoms with Crippen LogP contribution in [0.3, 0.4) is 0 Å². The number of hydrogen-bond donors (Lipinski definition) is 3. The number of fused-ring (bicyclic) bond motifs is 1. The summed E-state index contributed by atoms with van der Waals surface area (Å²) >= 11 is 0. The van der Waals surface area contributed by atoms with Crippen molar-refractivity contribution in [3.8, 4) is 12.3 Å². The van der Waals surface area contributed by atoms with Crippen molar-refractivity contribution in [3.63, 3.8) is 0 Å². The lowest BCUT2D eigenvalue weighted by molar-refractivity contribution is -0.170. The van der Waals surface area contributed by atoms with Crippen molar-refractivity contribution < 1.29 is 43.0 Å². The number of hydrogen-bond acceptors (Lipinski definition) is 9. The van der Waals surface area contributed by atoms with Gasteiger partial charge in [0.05, 0.1) is 5.41 Å². The molecule has 2 saturated heterocycles. The molecule has 3 unspecified atom stereocenters. The molecule has 3 N–H and O–H groups in total. The Morgan fingerprint density at radius 1 is 0.895 bits per heavy atom. The minimum absolute atomic E-state index is 0.0478. The Kier molecular flexibility index (Phi) is 17.1. The van der Waals surface area contributed by atoms with Crippen LogP contribution in [-0.4, -0.2) is 108 Å². The monoisotopic (exact) mass is 793 g/mol. The number of carbonyl (C=O) groups is 7. The van der Waals surface area contributed by atoms with Gasteiger partial charge in [0.2, 0.25) is 23.6 Å². The fourth-order valence-electron chi connectivity index (χ4n) is 7.10. The molecular weight excluding hydrogens is 730 g/mol. The second-order valence-electron chi connectivity index (χ2n) is 16.5. The number of unbranched alkanes of at least 4 members (excludes halogenated alkanes) is 1. The van der Waals surface area contributed by atoms with Crippen LogP contribution >= 0.6 is 0 Å². The largest absolute Gasteiger partial charge is 0.460 e. The van der Waals surface area contributed by atoms with Crippen LogP contribution in [0.4, 0.5) is 0 Å². The number of nitrogens with zero attached hydrogens (tertiary/aromatic N) is 2. The quantitative estimate of drug-likeness (QED) is 0.192. The molecule has 314 valence electrons. The Morgan fingerprint density at radius 3 is 2.16 bits per heavy atom. The maximum atomic E-state index is 14.4. The fraction of sp³-hybridized carbons (Fsp3) is 0.651. The number of rotatable bonds is 9. The van der Waals surface area contributed by atoms with Gasteiger partial charge in [-0.3, -0.25) is 28.8 Å². The van der Waals surface area contributed by atoms with Crippen LogP contribution in [0.25, 0.3) is 0 Å². The lowest BCUT2D eigenvalue weighted by Crippen LogP contribution is -2.59. The highest BCUT2D eigenvalue weighted by molar-refractivity contribution is 5.96. The third kappa shape index (κ3) is 12.0. The average molecular weight is 794 g/mol. The van der Waals surface area contributed by atoms with Crippen LogP contribution in [0.15, 0.2) is 30.3 Å². The number of nitrogens with one attached hydrogen (secondary N) is 3. The van der Waals surface area contributed by atoms with Gasteiger partial charge in [-0.15, -0.1) is 12.3 Å². The van der Waals surface area contributed by atoms with Crippen molar-refractivity contribution in [2.45, 2.75) is 137 Å². The lowest BCUT2D eigenvalue weighted by atomic mass is 9.82. The first kappa shape index (κ1) is 46.5. The molecule has 7 atom stereocenters. The molecule has 0 saturated carbocycles. The molecule has 0 aromatic heterocycles. The summed E-state index contributed by atoms with van der Waals surface area (Å²) in [7, 11) is 1.46. The topological polar surface area (TPSA) is 181 Å². The van der Waals surface area contributed by atoms with Gasteiger partial charge in [-0.1, -0.05) is 78.3 Å². The number of cyclic esters (lactones) is 2. The SMILES string of the molecule is C#CCCCC1OC(=O)CNC(=O)[C@H]([C@@H](C)CC)NC(=O)[C@@H]2CCCN2C(=O)[C@H](C(C)C)OC(=O)C(Cc2ccccc2)N(C)C(=O)C(C(C)C)NC(=O)C1(C)C. The normalized spacial score (nSPS) is 26.6. The molecule has 57 heavy (non-hydrogen) atoms. The van der Waals surface area contributed by atoms with E-state index in [1.807, 2.05) is 25.1 Å². The van der Waals surface area contributed by atoms with Gasteiger partial charge in [0.25, 0.3) is 5.91 Å². The van der Waals surface area contributed by atoms with E-state index in [0.717, 1.165) is 5.56 Å². The van der Waals surface area contributed by atoms with Gasteiger partial charge in [-0.2, -0.15) is 0 Å². The zero-order chi connectivity index (χ0) is 42.6. The highest BCUT2D eigenvalue weighted by Crippen LogP contribution is 2.30. The molecule has 2 aliphatic heterocycles. The summed E-state index contributed by atoms with van der Waals surface area (Å²) in [5, 5.41) is 8.27. The van der Waals surface area contributed by atoms with Gasteiger partial charge < -0.3 is 35.2 Å². The second-order valence-corrected chi connectivity index (χ2v) is 16.5. The van der Waals surface area contributed by atoms with Crippen LogP contribution in [0.1, 0.15) is 99.5 Å². The first-order valence-corrected chi connectivity index (χ1v) is 20.2. The summed E-state index contributed by atoms with van der Waals surface area (Å²) in [5.41, 5.74) is -0.655. The van der Waals surface area contributed by atoms with Crippen LogP contribution in [0.2, 0.25) is 0 Å². The highest BCUT2D eigenvalue weighted by atomic mass is 16.6. The fourth-order valence-corrected chi connectivity index (χ4v) is 7.10. The Hall–Kier alpha value is -4.93. The van der Waals surface area contributed by atoms with Gasteiger partial charge in [0.15, 0.2) is 6.10 Å². The van der Waals surface area contributed by atoms with Crippen LogP contribution < -0.4 is 16.0 Å². The maximum absolute atomic E-state index is 14.4. The van der Waals surface area contributed by atoms with E-state index in [0.29, 0.717) is 32.1 Å². The van der Waals surface area contributed by atoms with Gasteiger partial charge in [0.1, 0.15) is 36.8 Å². The summed E-state index contributed by atoms with van der Waals surface area (Å²) in [4.78, 5) is 101. The number of terminal acetylenes is 1. The molecule has 14 nitrogen and oxygen atoms in total. The van der Waals surface area contributed by atoms with Crippen LogP contribution in [0, 0.1) is 35.5 Å². The Balaban J connectivity index is 2.14. The maximum Gasteiger partial charge on any atom is 0.329 e. The minimum atomic E-state index is -1.38. The standard InChI is InChI=1S/C43H63N5O9/c1-11-13-15-22-32-43(8,9)42(55)46-34(26(3)4)39(52)47(10)31(24-29-19-16-14-17-20-29)41(54)57-36(27(5)6)40(53)48-23-18-21-30(48)37(50)45-35(28(7)12-2)38(51)44-25-33(49)56-32/h1,14,16-17,19-20,26-28,30-32,34-36H,12-13,15,18,21-25H2,2-10H3,(H,44,51)(H,45,50)(H,46,55)/t28-,30-,31?,32?,34?,35-,36-/m0/s1. The molecule has 2 fully saturated rings. The van der Waals surface area contributed by atoms with Crippen molar-refractivity contribution in [2.24, 2.45) is 23.2 Å². The number of carbonyl (C=O) groups excluding carboxylic acids is 7. The van der Waals surface area contributed by atoms with Crippen molar-refractivity contribution >= 4 is 41.5 Å². The van der Waals surface area contributed by atoms with E-state index in [9.17, 15) is 33.6 Å². The molecule has 0 aliphatic carbocycles. The van der Waals surface area contributed by atoms with Gasteiger partial charge >= 0.3 is 11.9 Å². The third-order valence-corrected chi connectivity index (χ3v) is 11.2. The second kappa shape index (κ2) is 21.0. The molecule has 2 aliphatic rings. The van der Waals surface area contributed by atoms with Gasteiger partial charge in [-0.05, 0) is 62.8 Å². The first-order valence-electron chi connectivity index (χ1n) is 20.2. The van der Waals surface area contributed by atoms with Crippen molar-refractivity contribution in [2.75, 3.05) is 20.1 Å². The summed E-state index contributed by atoms with van der Waals surface area (Å²) in [6, 6.07) is 4.75. The zero-order valence-corrected chi connectivity index (χ0v) is 35.1. The molecular formula is C43H63N5O9. The van der Waals surface area contributed by atoms with Crippen molar-refractivity contribution in [1.82, 2.24) is 25.8 Å². The predicted molar refractivity (Wildman–Crippen MR) is 214 cm³/mol. The summed E-state index contributed by atoms with van der Waals surface area (Å²) < 4.78 is 11.9. The van der Waals surface area contributed by atoms with E-state index < -0.39 is 102 Å². The van der Waals surface area contributed by atoms with E-state index in [-0.39, 0.29) is 25.3 Å². The summed E-state index contributed by atoms with van der Waals surface area (Å²) in [5.74, 6) is -3.27. The van der Waals surface area contributed by atoms with Crippen molar-refractivity contribution in [1.29, 1.82) is 0 Å². The number of likely N-dealkylation sites (N-methyl/N-ethyl adjacent to an activating group) is 1. The van der Waals surface area contributed by atoms with Crippen LogP contribution in [-0.2, 0) is 49.5 Å². The number of benzene rings is 1. The first-order chi connectivity index (χ1) is 26.8. The Labute approximate surface area is 337 Å². The number of ether oxygens (including phenoxy) is 2. The molecule has 5 amide bonds. The Bertz CT molecular complexity index is 1640. The number of amides is 5. The Morgan fingerprint density at radius 2 is 1.56 bits per heavy atom. The molecule has 0 bridgehead atoms. The third-order valence-electron chi connectivity index (χ3n) is 11.2. The molecule has 3 rings (SSSR count). The number of esters is 2. The summed E-state index contributed by atoms with van der Waals surface area (Å²) in [6.45, 7) is 13.5. The van der Waals surface area contributed by atoms with E-state index >= 15 is 0 Å². The smallest absolute Gasteiger partial charge is 0.329 e. The average Bonchev–Trinajstić information content (AvgIpc) is 3.68. The highest BCUT2D eigenvalue weighted by Gasteiger charge is 2.45. The van der Waals surface area contributed by atoms with Gasteiger partial charge in [0, 0.05) is 26.4 Å². The van der Waals surface area contributed by atoms with Crippen molar-refractivity contribution in [3.05, 3.63) is 35.9 Å². The molecule has 0 radical (unpaired) electrons. The molecule has 2 heterocycles. The van der Waals surface area contributed by atoms with Gasteiger partial charge in [-0.25, -0.2) is 4.79 Å². The van der Waals surface area contributed by atoms with E-state index in [4.69, 9.17) is 15.9 Å². The molecule has 0 spiro atoms. The molecule has 14 heteroatoms.